The highest BCUT2D eigenvalue weighted by Gasteiger charge is 2.21. The van der Waals surface area contributed by atoms with Crippen molar-refractivity contribution >= 4 is 5.97 Å². The Morgan fingerprint density at radius 2 is 1.23 bits per heavy atom. The minimum absolute atomic E-state index is 0.0655. The van der Waals surface area contributed by atoms with Gasteiger partial charge in [0.2, 0.25) is 0 Å². The number of carbonyl (C=O) groups is 1. The van der Waals surface area contributed by atoms with Crippen LogP contribution in [0.4, 0.5) is 0 Å². The number of benzene rings is 3. The fourth-order valence-corrected chi connectivity index (χ4v) is 3.23. The molecule has 3 nitrogen and oxygen atoms in total. The molecule has 0 aliphatic heterocycles. The van der Waals surface area contributed by atoms with Crippen LogP contribution in [0.5, 0.6) is 5.75 Å². The summed E-state index contributed by atoms with van der Waals surface area (Å²) in [5.41, 5.74) is 5.86. The molecule has 2 N–H and O–H groups in total. The normalized spacial score (nSPS) is 10.9. The van der Waals surface area contributed by atoms with Gasteiger partial charge in [-0.25, -0.2) is 4.79 Å². The van der Waals surface area contributed by atoms with E-state index in [9.17, 15) is 15.0 Å². The van der Waals surface area contributed by atoms with E-state index in [2.05, 4.69) is 48.5 Å². The van der Waals surface area contributed by atoms with E-state index in [-0.39, 0.29) is 17.2 Å². The van der Waals surface area contributed by atoms with Crippen LogP contribution in [0.3, 0.4) is 0 Å². The molecule has 0 aliphatic rings. The first-order valence-electron chi connectivity index (χ1n) is 8.56. The molecule has 0 spiro atoms. The topological polar surface area (TPSA) is 57.5 Å². The fraction of sp³-hybridized carbons (Fsp3) is 0.174. The molecule has 3 aromatic rings. The lowest BCUT2D eigenvalue weighted by atomic mass is 9.83. The molecule has 0 heterocycles. The summed E-state index contributed by atoms with van der Waals surface area (Å²) in [6.45, 7) is 5.81. The summed E-state index contributed by atoms with van der Waals surface area (Å²) in [7, 11) is 0. The molecule has 26 heavy (non-hydrogen) atoms. The van der Waals surface area contributed by atoms with Gasteiger partial charge in [0.1, 0.15) is 11.3 Å². The van der Waals surface area contributed by atoms with Gasteiger partial charge in [0, 0.05) is 5.92 Å². The maximum absolute atomic E-state index is 11.6. The third-order valence-corrected chi connectivity index (χ3v) is 4.71. The third kappa shape index (κ3) is 3.47. The number of aromatic carboxylic acids is 1. The molecule has 3 heteroatoms. The van der Waals surface area contributed by atoms with Gasteiger partial charge in [-0.15, -0.1) is 0 Å². The number of carboxylic acids is 1. The van der Waals surface area contributed by atoms with Gasteiger partial charge in [-0.2, -0.15) is 0 Å². The van der Waals surface area contributed by atoms with E-state index >= 15 is 0 Å². The van der Waals surface area contributed by atoms with E-state index in [0.29, 0.717) is 5.56 Å². The van der Waals surface area contributed by atoms with Crippen LogP contribution in [0.25, 0.3) is 0 Å². The van der Waals surface area contributed by atoms with Gasteiger partial charge in [0.05, 0.1) is 0 Å². The fourth-order valence-electron chi connectivity index (χ4n) is 3.23. The molecular weight excluding hydrogens is 324 g/mol. The van der Waals surface area contributed by atoms with Gasteiger partial charge in [-0.3, -0.25) is 0 Å². The van der Waals surface area contributed by atoms with Gasteiger partial charge in [-0.05, 0) is 49.1 Å². The first-order valence-corrected chi connectivity index (χ1v) is 8.56. The van der Waals surface area contributed by atoms with E-state index in [0.717, 1.165) is 16.7 Å². The first kappa shape index (κ1) is 17.7. The minimum Gasteiger partial charge on any atom is -0.507 e. The van der Waals surface area contributed by atoms with Gasteiger partial charge in [-0.1, -0.05) is 65.7 Å². The summed E-state index contributed by atoms with van der Waals surface area (Å²) in [5, 5.41) is 19.6. The molecule has 0 saturated carbocycles. The molecule has 0 unspecified atom stereocenters. The van der Waals surface area contributed by atoms with Crippen molar-refractivity contribution in [1.82, 2.24) is 0 Å². The summed E-state index contributed by atoms with van der Waals surface area (Å²) < 4.78 is 0. The van der Waals surface area contributed by atoms with Crippen LogP contribution in [0.1, 0.15) is 49.7 Å². The van der Waals surface area contributed by atoms with Crippen LogP contribution in [0, 0.1) is 20.8 Å². The van der Waals surface area contributed by atoms with Crippen molar-refractivity contribution in [1.29, 1.82) is 0 Å². The maximum Gasteiger partial charge on any atom is 0.339 e. The Kier molecular flexibility index (Phi) is 4.81. The summed E-state index contributed by atoms with van der Waals surface area (Å²) in [6, 6.07) is 20.0. The third-order valence-electron chi connectivity index (χ3n) is 4.71. The number of phenols is 1. The largest absolute Gasteiger partial charge is 0.507 e. The zero-order valence-corrected chi connectivity index (χ0v) is 15.2. The monoisotopic (exact) mass is 346 g/mol. The highest BCUT2D eigenvalue weighted by atomic mass is 16.4. The van der Waals surface area contributed by atoms with Crippen LogP contribution < -0.4 is 0 Å². The maximum atomic E-state index is 11.6. The van der Waals surface area contributed by atoms with Crippen molar-refractivity contribution < 1.29 is 15.0 Å². The Morgan fingerprint density at radius 1 is 0.769 bits per heavy atom. The Balaban J connectivity index is 2.22. The predicted molar refractivity (Wildman–Crippen MR) is 103 cm³/mol. The number of carboxylic acid groups (broad SMARTS) is 1. The quantitative estimate of drug-likeness (QED) is 0.639. The van der Waals surface area contributed by atoms with Gasteiger partial charge in [0.25, 0.3) is 0 Å². The lowest BCUT2D eigenvalue weighted by molar-refractivity contribution is 0.0693. The molecule has 0 bridgehead atoms. The predicted octanol–water partition coefficient (Wildman–Crippen LogP) is 5.20. The molecule has 0 saturated heterocycles. The smallest absolute Gasteiger partial charge is 0.339 e. The van der Waals surface area contributed by atoms with Crippen molar-refractivity contribution in [3.05, 3.63) is 99.6 Å². The Labute approximate surface area is 153 Å². The highest BCUT2D eigenvalue weighted by molar-refractivity contribution is 5.91. The molecule has 0 amide bonds. The van der Waals surface area contributed by atoms with Crippen molar-refractivity contribution in [2.45, 2.75) is 26.7 Å². The Bertz CT molecular complexity index is 893. The average Bonchev–Trinajstić information content (AvgIpc) is 2.61. The number of hydrogen-bond acceptors (Lipinski definition) is 2. The van der Waals surface area contributed by atoms with E-state index < -0.39 is 5.97 Å². The van der Waals surface area contributed by atoms with Crippen molar-refractivity contribution in [2.24, 2.45) is 0 Å². The van der Waals surface area contributed by atoms with E-state index in [1.54, 1.807) is 13.0 Å². The number of aryl methyl sites for hydroxylation is 3. The molecule has 3 aromatic carbocycles. The van der Waals surface area contributed by atoms with Crippen molar-refractivity contribution in [3.8, 4) is 5.75 Å². The summed E-state index contributed by atoms with van der Waals surface area (Å²) >= 11 is 0. The van der Waals surface area contributed by atoms with Crippen LogP contribution in [-0.4, -0.2) is 16.2 Å². The second-order valence-electron chi connectivity index (χ2n) is 6.79. The average molecular weight is 346 g/mol. The molecule has 0 aromatic heterocycles. The summed E-state index contributed by atoms with van der Waals surface area (Å²) in [5.74, 6) is -1.40. The van der Waals surface area contributed by atoms with E-state index in [1.165, 1.54) is 11.1 Å². The lowest BCUT2D eigenvalue weighted by Crippen LogP contribution is -2.07. The number of aromatic hydroxyl groups is 1. The zero-order chi connectivity index (χ0) is 18.8. The van der Waals surface area contributed by atoms with Crippen LogP contribution in [-0.2, 0) is 0 Å². The molecule has 132 valence electrons. The van der Waals surface area contributed by atoms with E-state index in [1.807, 2.05) is 19.9 Å². The summed E-state index contributed by atoms with van der Waals surface area (Å²) in [6.07, 6.45) is 0. The van der Waals surface area contributed by atoms with Crippen LogP contribution in [0.15, 0.2) is 60.7 Å². The number of hydrogen-bond donors (Lipinski definition) is 2. The molecule has 3 rings (SSSR count). The zero-order valence-electron chi connectivity index (χ0n) is 15.2. The van der Waals surface area contributed by atoms with E-state index in [4.69, 9.17) is 0 Å². The van der Waals surface area contributed by atoms with Gasteiger partial charge < -0.3 is 10.2 Å². The summed E-state index contributed by atoms with van der Waals surface area (Å²) in [4.78, 5) is 11.6. The molecular formula is C23H22O3. The van der Waals surface area contributed by atoms with Crippen LogP contribution >= 0.6 is 0 Å². The molecule has 0 fully saturated rings. The highest BCUT2D eigenvalue weighted by Crippen LogP contribution is 2.36. The van der Waals surface area contributed by atoms with Crippen LogP contribution in [0.2, 0.25) is 0 Å². The molecule has 0 aliphatic carbocycles. The second-order valence-corrected chi connectivity index (χ2v) is 6.79. The molecule has 0 radical (unpaired) electrons. The standard InChI is InChI=1S/C23H22O3/c1-14-4-8-17(9-5-14)21(18-10-6-15(2)7-11-18)19-12-16(3)22(24)20(13-19)23(25)26/h4-13,21,24H,1-3H3,(H,25,26). The Hall–Kier alpha value is -3.07. The van der Waals surface area contributed by atoms with Crippen molar-refractivity contribution in [3.63, 3.8) is 0 Å². The Morgan fingerprint density at radius 3 is 1.65 bits per heavy atom. The van der Waals surface area contributed by atoms with Gasteiger partial charge >= 0.3 is 5.97 Å². The van der Waals surface area contributed by atoms with Gasteiger partial charge in [0.15, 0.2) is 0 Å². The number of rotatable bonds is 4. The SMILES string of the molecule is Cc1ccc(C(c2ccc(C)cc2)c2cc(C)c(O)c(C(=O)O)c2)cc1. The van der Waals surface area contributed by atoms with Crippen molar-refractivity contribution in [2.75, 3.05) is 0 Å². The first-order chi connectivity index (χ1) is 12.4. The second kappa shape index (κ2) is 7.04. The molecule has 0 atom stereocenters. The minimum atomic E-state index is -1.13. The lowest BCUT2D eigenvalue weighted by Gasteiger charge is -2.21.